The number of ether oxygens (including phenoxy) is 1. The molecule has 4 heteroatoms. The van der Waals surface area contributed by atoms with Crippen molar-refractivity contribution < 1.29 is 13.5 Å². The van der Waals surface area contributed by atoms with Crippen LogP contribution in [0.25, 0.3) is 0 Å². The number of nitrogens with two attached hydrogens (primary N) is 1. The van der Waals surface area contributed by atoms with Gasteiger partial charge in [-0.2, -0.15) is 0 Å². The van der Waals surface area contributed by atoms with Gasteiger partial charge >= 0.3 is 0 Å². The average molecular weight is 249 g/mol. The van der Waals surface area contributed by atoms with Crippen molar-refractivity contribution in [2.45, 2.75) is 27.0 Å². The summed E-state index contributed by atoms with van der Waals surface area (Å²) in [6, 6.07) is 6.31. The molecule has 96 valence electrons. The van der Waals surface area contributed by atoms with E-state index >= 15 is 0 Å². The highest BCUT2D eigenvalue weighted by Crippen LogP contribution is 2.21. The Kier molecular flexibility index (Phi) is 3.67. The number of hydrogen-bond acceptors (Lipinski definition) is 3. The molecule has 0 fully saturated rings. The first kappa shape index (κ1) is 12.6. The number of aryl methyl sites for hydroxylation is 2. The molecule has 1 heterocycles. The van der Waals surface area contributed by atoms with Gasteiger partial charge in [-0.3, -0.25) is 0 Å². The van der Waals surface area contributed by atoms with Gasteiger partial charge in [0.05, 0.1) is 0 Å². The van der Waals surface area contributed by atoms with Crippen molar-refractivity contribution in [3.63, 3.8) is 0 Å². The minimum absolute atomic E-state index is 0.265. The minimum atomic E-state index is -0.265. The van der Waals surface area contributed by atoms with E-state index in [2.05, 4.69) is 0 Å². The summed E-state index contributed by atoms with van der Waals surface area (Å²) in [6.07, 6.45) is 0. The monoisotopic (exact) mass is 249 g/mol. The van der Waals surface area contributed by atoms with Crippen LogP contribution in [0.15, 0.2) is 28.7 Å². The molecule has 0 radical (unpaired) electrons. The lowest BCUT2D eigenvalue weighted by Gasteiger charge is -2.07. The molecular formula is C14H16FNO2. The third kappa shape index (κ3) is 2.71. The third-order valence-corrected chi connectivity index (χ3v) is 2.80. The van der Waals surface area contributed by atoms with Crippen molar-refractivity contribution in [2.24, 2.45) is 5.73 Å². The lowest BCUT2D eigenvalue weighted by Crippen LogP contribution is -1.97. The van der Waals surface area contributed by atoms with Gasteiger partial charge in [0.25, 0.3) is 0 Å². The first-order valence-electron chi connectivity index (χ1n) is 5.77. The van der Waals surface area contributed by atoms with E-state index in [1.807, 2.05) is 13.0 Å². The van der Waals surface area contributed by atoms with E-state index in [0.29, 0.717) is 18.9 Å². The Labute approximate surface area is 105 Å². The molecule has 0 saturated carbocycles. The quantitative estimate of drug-likeness (QED) is 0.905. The molecule has 0 saturated heterocycles. The van der Waals surface area contributed by atoms with Crippen LogP contribution >= 0.6 is 0 Å². The fourth-order valence-electron chi connectivity index (χ4n) is 1.79. The van der Waals surface area contributed by atoms with Crippen molar-refractivity contribution in [3.8, 4) is 5.75 Å². The Morgan fingerprint density at radius 3 is 2.67 bits per heavy atom. The maximum absolute atomic E-state index is 12.9. The third-order valence-electron chi connectivity index (χ3n) is 2.80. The van der Waals surface area contributed by atoms with Crippen LogP contribution in [-0.2, 0) is 13.2 Å². The van der Waals surface area contributed by atoms with Gasteiger partial charge in [0, 0.05) is 12.1 Å². The SMILES string of the molecule is Cc1cc(F)ccc1OCc1cc(CN)c(C)o1. The van der Waals surface area contributed by atoms with E-state index in [9.17, 15) is 4.39 Å². The summed E-state index contributed by atoms with van der Waals surface area (Å²) in [5.74, 6) is 1.92. The Morgan fingerprint density at radius 1 is 1.28 bits per heavy atom. The molecule has 18 heavy (non-hydrogen) atoms. The van der Waals surface area contributed by atoms with Crippen LogP contribution in [0.4, 0.5) is 4.39 Å². The Morgan fingerprint density at radius 2 is 2.06 bits per heavy atom. The summed E-state index contributed by atoms with van der Waals surface area (Å²) in [5, 5.41) is 0. The zero-order chi connectivity index (χ0) is 13.1. The molecule has 1 aromatic heterocycles. The Hall–Kier alpha value is -1.81. The molecule has 2 N–H and O–H groups in total. The van der Waals surface area contributed by atoms with Crippen LogP contribution < -0.4 is 10.5 Å². The number of benzene rings is 1. The molecule has 0 aliphatic carbocycles. The maximum Gasteiger partial charge on any atom is 0.146 e. The largest absolute Gasteiger partial charge is 0.485 e. The molecule has 0 aliphatic rings. The number of hydrogen-bond donors (Lipinski definition) is 1. The lowest BCUT2D eigenvalue weighted by molar-refractivity contribution is 0.265. The van der Waals surface area contributed by atoms with Crippen molar-refractivity contribution in [1.29, 1.82) is 0 Å². The Balaban J connectivity index is 2.06. The van der Waals surface area contributed by atoms with Crippen molar-refractivity contribution in [3.05, 3.63) is 52.7 Å². The molecule has 0 bridgehead atoms. The fourth-order valence-corrected chi connectivity index (χ4v) is 1.79. The van der Waals surface area contributed by atoms with Crippen LogP contribution in [0.2, 0.25) is 0 Å². The molecule has 0 aliphatic heterocycles. The van der Waals surface area contributed by atoms with E-state index in [4.69, 9.17) is 14.9 Å². The van der Waals surface area contributed by atoms with E-state index in [1.165, 1.54) is 12.1 Å². The van der Waals surface area contributed by atoms with Gasteiger partial charge in [-0.1, -0.05) is 0 Å². The van der Waals surface area contributed by atoms with E-state index in [0.717, 1.165) is 22.6 Å². The smallest absolute Gasteiger partial charge is 0.146 e. The molecule has 0 unspecified atom stereocenters. The standard InChI is InChI=1S/C14H16FNO2/c1-9-5-12(15)3-4-14(9)17-8-13-6-11(7-16)10(2)18-13/h3-6H,7-8,16H2,1-2H3. The predicted molar refractivity (Wildman–Crippen MR) is 66.8 cm³/mol. The molecule has 2 aromatic rings. The summed E-state index contributed by atoms with van der Waals surface area (Å²) in [7, 11) is 0. The van der Waals surface area contributed by atoms with Gasteiger partial charge in [0.15, 0.2) is 0 Å². The van der Waals surface area contributed by atoms with Crippen molar-refractivity contribution in [1.82, 2.24) is 0 Å². The summed E-state index contributed by atoms with van der Waals surface area (Å²) in [6.45, 7) is 4.43. The zero-order valence-electron chi connectivity index (χ0n) is 10.5. The van der Waals surface area contributed by atoms with E-state index in [-0.39, 0.29) is 5.82 Å². The van der Waals surface area contributed by atoms with Gasteiger partial charge in [0.2, 0.25) is 0 Å². The number of halogens is 1. The van der Waals surface area contributed by atoms with Crippen LogP contribution in [0, 0.1) is 19.7 Å². The normalized spacial score (nSPS) is 10.7. The predicted octanol–water partition coefficient (Wildman–Crippen LogP) is 3.07. The molecule has 2 rings (SSSR count). The van der Waals surface area contributed by atoms with E-state index < -0.39 is 0 Å². The highest BCUT2D eigenvalue weighted by Gasteiger charge is 2.07. The average Bonchev–Trinajstić information content (AvgIpc) is 2.69. The number of rotatable bonds is 4. The topological polar surface area (TPSA) is 48.4 Å². The van der Waals surface area contributed by atoms with Crippen LogP contribution in [0.5, 0.6) is 5.75 Å². The summed E-state index contributed by atoms with van der Waals surface area (Å²) in [5.41, 5.74) is 7.31. The molecule has 1 aromatic carbocycles. The molecule has 3 nitrogen and oxygen atoms in total. The summed E-state index contributed by atoms with van der Waals surface area (Å²) in [4.78, 5) is 0. The van der Waals surface area contributed by atoms with Gasteiger partial charge in [0.1, 0.15) is 29.7 Å². The van der Waals surface area contributed by atoms with Crippen LogP contribution in [0.1, 0.15) is 22.6 Å². The van der Waals surface area contributed by atoms with Crippen LogP contribution in [0.3, 0.4) is 0 Å². The Bertz CT molecular complexity index is 549. The van der Waals surface area contributed by atoms with E-state index in [1.54, 1.807) is 13.0 Å². The molecular weight excluding hydrogens is 233 g/mol. The second kappa shape index (κ2) is 5.23. The highest BCUT2D eigenvalue weighted by atomic mass is 19.1. The first-order chi connectivity index (χ1) is 8.60. The maximum atomic E-state index is 12.9. The van der Waals surface area contributed by atoms with Crippen molar-refractivity contribution in [2.75, 3.05) is 0 Å². The molecule has 0 atom stereocenters. The lowest BCUT2D eigenvalue weighted by atomic mass is 10.2. The molecule has 0 amide bonds. The minimum Gasteiger partial charge on any atom is -0.485 e. The second-order valence-corrected chi connectivity index (χ2v) is 4.20. The van der Waals surface area contributed by atoms with Gasteiger partial charge < -0.3 is 14.9 Å². The second-order valence-electron chi connectivity index (χ2n) is 4.20. The summed E-state index contributed by atoms with van der Waals surface area (Å²) >= 11 is 0. The zero-order valence-corrected chi connectivity index (χ0v) is 10.5. The highest BCUT2D eigenvalue weighted by molar-refractivity contribution is 5.32. The van der Waals surface area contributed by atoms with Gasteiger partial charge in [-0.15, -0.1) is 0 Å². The van der Waals surface area contributed by atoms with Gasteiger partial charge in [-0.05, 0) is 43.7 Å². The number of furan rings is 1. The first-order valence-corrected chi connectivity index (χ1v) is 5.77. The fraction of sp³-hybridized carbons (Fsp3) is 0.286. The summed E-state index contributed by atoms with van der Waals surface area (Å²) < 4.78 is 24.0. The van der Waals surface area contributed by atoms with Crippen molar-refractivity contribution >= 4 is 0 Å². The van der Waals surface area contributed by atoms with Crippen LogP contribution in [-0.4, -0.2) is 0 Å². The van der Waals surface area contributed by atoms with Gasteiger partial charge in [-0.25, -0.2) is 4.39 Å². The molecule has 0 spiro atoms.